The summed E-state index contributed by atoms with van der Waals surface area (Å²) in [6.45, 7) is 4.29. The second-order valence-corrected chi connectivity index (χ2v) is 2.87. The van der Waals surface area contributed by atoms with Gasteiger partial charge in [0.15, 0.2) is 6.29 Å². The summed E-state index contributed by atoms with van der Waals surface area (Å²) in [6, 6.07) is 0. The molecule has 0 bridgehead atoms. The lowest BCUT2D eigenvalue weighted by Crippen LogP contribution is -2.10. The van der Waals surface area contributed by atoms with Crippen LogP contribution in [-0.4, -0.2) is 22.7 Å². The lowest BCUT2D eigenvalue weighted by Gasteiger charge is -2.12. The highest BCUT2D eigenvalue weighted by molar-refractivity contribution is 7.39. The normalized spacial score (nSPS) is 13.9. The summed E-state index contributed by atoms with van der Waals surface area (Å²) in [6.07, 6.45) is 1.49. The van der Waals surface area contributed by atoms with Gasteiger partial charge in [-0.1, -0.05) is 13.3 Å². The molecule has 0 aromatic heterocycles. The van der Waals surface area contributed by atoms with Gasteiger partial charge in [0.05, 0.1) is 0 Å². The first-order valence-electron chi connectivity index (χ1n) is 3.63. The van der Waals surface area contributed by atoms with E-state index in [9.17, 15) is 0 Å². The highest BCUT2D eigenvalue weighted by atomic mass is 31.2. The largest absolute Gasteiger partial charge is 0.352 e. The van der Waals surface area contributed by atoms with Crippen LogP contribution in [0.15, 0.2) is 0 Å². The zero-order valence-corrected chi connectivity index (χ0v) is 7.75. The fourth-order valence-electron chi connectivity index (χ4n) is 0.557. The van der Waals surface area contributed by atoms with Crippen LogP contribution in [0.4, 0.5) is 0 Å². The van der Waals surface area contributed by atoms with Crippen molar-refractivity contribution in [2.45, 2.75) is 33.0 Å². The molecule has 0 saturated carbocycles. The van der Waals surface area contributed by atoms with Gasteiger partial charge in [-0.3, -0.25) is 4.52 Å². The van der Waals surface area contributed by atoms with Crippen LogP contribution in [0.3, 0.4) is 0 Å². The van der Waals surface area contributed by atoms with E-state index in [1.807, 2.05) is 0 Å². The van der Waals surface area contributed by atoms with Gasteiger partial charge < -0.3 is 14.5 Å². The van der Waals surface area contributed by atoms with Crippen molar-refractivity contribution < 1.29 is 19.0 Å². The molecule has 0 fully saturated rings. The maximum Gasteiger partial charge on any atom is 0.329 e. The Morgan fingerprint density at radius 3 is 2.55 bits per heavy atom. The first-order chi connectivity index (χ1) is 5.16. The molecule has 0 saturated heterocycles. The first kappa shape index (κ1) is 11.3. The molecule has 2 N–H and O–H groups in total. The van der Waals surface area contributed by atoms with Gasteiger partial charge in [-0.05, 0) is 13.3 Å². The van der Waals surface area contributed by atoms with Crippen molar-refractivity contribution in [1.82, 2.24) is 0 Å². The minimum atomic E-state index is -2.29. The van der Waals surface area contributed by atoms with Crippen LogP contribution < -0.4 is 0 Å². The third kappa shape index (κ3) is 8.17. The summed E-state index contributed by atoms with van der Waals surface area (Å²) >= 11 is 0. The average molecular weight is 182 g/mol. The molecule has 0 radical (unpaired) electrons. The molecular formula is C6H15O4P. The van der Waals surface area contributed by atoms with Crippen LogP contribution in [0.1, 0.15) is 26.7 Å². The third-order valence-corrected chi connectivity index (χ3v) is 1.58. The van der Waals surface area contributed by atoms with Crippen molar-refractivity contribution in [2.24, 2.45) is 0 Å². The van der Waals surface area contributed by atoms with Crippen molar-refractivity contribution in [2.75, 3.05) is 6.61 Å². The molecule has 0 heterocycles. The number of unbranched alkanes of at least 4 members (excludes halogenated alkanes) is 1. The molecule has 0 amide bonds. The molecule has 0 aromatic rings. The predicted octanol–water partition coefficient (Wildman–Crippen LogP) is 1.38. The molecule has 0 aliphatic carbocycles. The summed E-state index contributed by atoms with van der Waals surface area (Å²) in [5.41, 5.74) is 0. The second-order valence-electron chi connectivity index (χ2n) is 2.15. The fraction of sp³-hybridized carbons (Fsp3) is 1.00. The Morgan fingerprint density at radius 2 is 2.09 bits per heavy atom. The third-order valence-electron chi connectivity index (χ3n) is 1.09. The number of hydrogen-bond acceptors (Lipinski definition) is 4. The zero-order chi connectivity index (χ0) is 8.69. The molecular weight excluding hydrogens is 167 g/mol. The van der Waals surface area contributed by atoms with Gasteiger partial charge >= 0.3 is 8.60 Å². The van der Waals surface area contributed by atoms with Gasteiger partial charge in [-0.25, -0.2) is 0 Å². The maximum atomic E-state index is 8.40. The van der Waals surface area contributed by atoms with E-state index in [0.717, 1.165) is 12.8 Å². The van der Waals surface area contributed by atoms with E-state index in [-0.39, 0.29) is 0 Å². The van der Waals surface area contributed by atoms with E-state index < -0.39 is 14.9 Å². The SMILES string of the molecule is CCCCOC(C)OP(O)O. The van der Waals surface area contributed by atoms with Gasteiger partial charge in [0.1, 0.15) is 0 Å². The molecule has 68 valence electrons. The Bertz CT molecular complexity index is 88.7. The molecule has 0 aromatic carbocycles. The number of rotatable bonds is 6. The van der Waals surface area contributed by atoms with Crippen molar-refractivity contribution in [1.29, 1.82) is 0 Å². The Labute approximate surface area is 68.1 Å². The molecule has 4 nitrogen and oxygen atoms in total. The van der Waals surface area contributed by atoms with E-state index in [4.69, 9.17) is 14.5 Å². The van der Waals surface area contributed by atoms with E-state index in [1.54, 1.807) is 6.92 Å². The number of hydrogen-bond donors (Lipinski definition) is 2. The smallest absolute Gasteiger partial charge is 0.329 e. The van der Waals surface area contributed by atoms with Crippen molar-refractivity contribution in [3.8, 4) is 0 Å². The Kier molecular flexibility index (Phi) is 7.12. The van der Waals surface area contributed by atoms with Crippen molar-refractivity contribution >= 4 is 8.60 Å². The quantitative estimate of drug-likeness (QED) is 0.370. The second kappa shape index (κ2) is 6.95. The molecule has 1 unspecified atom stereocenters. The van der Waals surface area contributed by atoms with Gasteiger partial charge in [0.25, 0.3) is 0 Å². The van der Waals surface area contributed by atoms with Gasteiger partial charge in [-0.2, -0.15) is 0 Å². The molecule has 11 heavy (non-hydrogen) atoms. The molecule has 5 heteroatoms. The van der Waals surface area contributed by atoms with Crippen LogP contribution in [0.25, 0.3) is 0 Å². The Balaban J connectivity index is 3.15. The number of ether oxygens (including phenoxy) is 1. The fourth-order valence-corrected chi connectivity index (χ4v) is 0.883. The van der Waals surface area contributed by atoms with E-state index in [0.29, 0.717) is 6.61 Å². The van der Waals surface area contributed by atoms with Crippen LogP contribution in [-0.2, 0) is 9.26 Å². The van der Waals surface area contributed by atoms with E-state index in [1.165, 1.54) is 0 Å². The van der Waals surface area contributed by atoms with Crippen LogP contribution in [0, 0.1) is 0 Å². The summed E-state index contributed by atoms with van der Waals surface area (Å²) in [7, 11) is -2.29. The van der Waals surface area contributed by atoms with Crippen LogP contribution in [0.5, 0.6) is 0 Å². The summed E-state index contributed by atoms with van der Waals surface area (Å²) < 4.78 is 9.62. The lowest BCUT2D eigenvalue weighted by molar-refractivity contribution is -0.0723. The minimum Gasteiger partial charge on any atom is -0.352 e. The summed E-state index contributed by atoms with van der Waals surface area (Å²) in [5, 5.41) is 0. The Hall–Kier alpha value is 0.270. The monoisotopic (exact) mass is 182 g/mol. The molecule has 0 spiro atoms. The van der Waals surface area contributed by atoms with Gasteiger partial charge in [-0.15, -0.1) is 0 Å². The highest BCUT2D eigenvalue weighted by Gasteiger charge is 2.07. The van der Waals surface area contributed by atoms with Crippen LogP contribution >= 0.6 is 8.60 Å². The first-order valence-corrected chi connectivity index (χ1v) is 4.79. The highest BCUT2D eigenvalue weighted by Crippen LogP contribution is 2.26. The van der Waals surface area contributed by atoms with E-state index >= 15 is 0 Å². The van der Waals surface area contributed by atoms with Crippen molar-refractivity contribution in [3.05, 3.63) is 0 Å². The van der Waals surface area contributed by atoms with E-state index in [2.05, 4.69) is 11.4 Å². The maximum absolute atomic E-state index is 8.40. The van der Waals surface area contributed by atoms with Gasteiger partial charge in [0, 0.05) is 6.61 Å². The Morgan fingerprint density at radius 1 is 1.45 bits per heavy atom. The summed E-state index contributed by atoms with van der Waals surface area (Å²) in [5.74, 6) is 0. The standard InChI is InChI=1S/C6H15O4P/c1-3-4-5-9-6(2)10-11(7)8/h6-8H,3-5H2,1-2H3. The minimum absolute atomic E-state index is 0.525. The van der Waals surface area contributed by atoms with Crippen molar-refractivity contribution in [3.63, 3.8) is 0 Å². The van der Waals surface area contributed by atoms with Gasteiger partial charge in [0.2, 0.25) is 0 Å². The molecule has 0 rings (SSSR count). The molecule has 0 aliphatic heterocycles. The summed E-state index contributed by atoms with van der Waals surface area (Å²) in [4.78, 5) is 16.8. The zero-order valence-electron chi connectivity index (χ0n) is 6.86. The average Bonchev–Trinajstić information content (AvgIpc) is 1.86. The van der Waals surface area contributed by atoms with Crippen LogP contribution in [0.2, 0.25) is 0 Å². The lowest BCUT2D eigenvalue weighted by atomic mass is 10.4. The molecule has 1 atom stereocenters. The topological polar surface area (TPSA) is 58.9 Å². The predicted molar refractivity (Wildman–Crippen MR) is 42.8 cm³/mol. The molecule has 0 aliphatic rings.